The van der Waals surface area contributed by atoms with Crippen molar-refractivity contribution in [1.29, 1.82) is 0 Å². The zero-order valence-corrected chi connectivity index (χ0v) is 10.5. The molecule has 1 aliphatic carbocycles. The highest BCUT2D eigenvalue weighted by molar-refractivity contribution is 8.12. The zero-order chi connectivity index (χ0) is 10.1. The minimum atomic E-state index is -0.305. The second-order valence-electron chi connectivity index (χ2n) is 4.14. The summed E-state index contributed by atoms with van der Waals surface area (Å²) in [5, 5.41) is 3.34. The summed E-state index contributed by atoms with van der Waals surface area (Å²) < 4.78 is 5.38. The highest BCUT2D eigenvalue weighted by Crippen LogP contribution is 2.41. The van der Waals surface area contributed by atoms with Crippen LogP contribution in [0, 0.1) is 5.92 Å². The van der Waals surface area contributed by atoms with Crippen LogP contribution in [0.3, 0.4) is 0 Å². The second-order valence-corrected chi connectivity index (χ2v) is 7.95. The minimum Gasteiger partial charge on any atom is -0.461 e. The molecule has 1 N–H and O–H groups in total. The number of carbonyl (C=O) groups excluding carboxylic acids is 1. The molecule has 80 valence electrons. The van der Waals surface area contributed by atoms with Gasteiger partial charge >= 0.3 is 5.97 Å². The molecule has 5 atom stereocenters. The first-order chi connectivity index (χ1) is 6.68. The highest BCUT2D eigenvalue weighted by atomic mass is 32.0. The molecule has 0 aromatic rings. The average molecular weight is 233 g/mol. The standard InChI is InChI=1S/C9H17NO2P2/c1-14(13)10-8-6-4-2-3-5-7(6)12-9(8)11/h6-8,10H,2-5,13H2,1H3. The van der Waals surface area contributed by atoms with Gasteiger partial charge in [0.25, 0.3) is 0 Å². The molecule has 5 unspecified atom stereocenters. The first-order valence-corrected chi connectivity index (χ1v) is 8.54. The molecule has 1 heterocycles. The van der Waals surface area contributed by atoms with Crippen LogP contribution in [-0.2, 0) is 9.53 Å². The van der Waals surface area contributed by atoms with Crippen LogP contribution in [0.15, 0.2) is 0 Å². The average Bonchev–Trinajstić information content (AvgIpc) is 2.43. The smallest absolute Gasteiger partial charge is 0.324 e. The van der Waals surface area contributed by atoms with E-state index in [9.17, 15) is 4.79 Å². The summed E-state index contributed by atoms with van der Waals surface area (Å²) in [6.07, 6.45) is 4.86. The Bertz CT molecular complexity index is 235. The summed E-state index contributed by atoms with van der Waals surface area (Å²) in [6.45, 7) is 2.10. The Kier molecular flexibility index (Phi) is 3.42. The van der Waals surface area contributed by atoms with Gasteiger partial charge in [-0.05, 0) is 33.7 Å². The zero-order valence-electron chi connectivity index (χ0n) is 8.40. The van der Waals surface area contributed by atoms with Crippen LogP contribution in [-0.4, -0.2) is 24.8 Å². The Labute approximate surface area is 88.3 Å². The molecule has 0 spiro atoms. The van der Waals surface area contributed by atoms with Crippen molar-refractivity contribution in [2.75, 3.05) is 6.66 Å². The van der Waals surface area contributed by atoms with E-state index in [1.807, 2.05) is 0 Å². The Hall–Kier alpha value is 0.290. The van der Waals surface area contributed by atoms with E-state index in [1.54, 1.807) is 0 Å². The van der Waals surface area contributed by atoms with Crippen LogP contribution in [0.1, 0.15) is 25.7 Å². The van der Waals surface area contributed by atoms with Crippen molar-refractivity contribution in [2.24, 2.45) is 5.92 Å². The summed E-state index contributed by atoms with van der Waals surface area (Å²) in [4.78, 5) is 11.6. The van der Waals surface area contributed by atoms with Gasteiger partial charge in [-0.2, -0.15) is 0 Å². The molecule has 5 heteroatoms. The quantitative estimate of drug-likeness (QED) is 0.584. The molecule has 0 amide bonds. The van der Waals surface area contributed by atoms with Gasteiger partial charge in [0.05, 0.1) is 0 Å². The van der Waals surface area contributed by atoms with Crippen LogP contribution in [0.25, 0.3) is 0 Å². The summed E-state index contributed by atoms with van der Waals surface area (Å²) >= 11 is 0. The molecule has 1 aliphatic heterocycles. The molecule has 2 rings (SSSR count). The van der Waals surface area contributed by atoms with Crippen LogP contribution in [0.2, 0.25) is 0 Å². The van der Waals surface area contributed by atoms with Gasteiger partial charge in [-0.3, -0.25) is 9.88 Å². The molecule has 0 aromatic heterocycles. The number of fused-ring (bicyclic) bond motifs is 1. The van der Waals surface area contributed by atoms with Crippen molar-refractivity contribution in [3.63, 3.8) is 0 Å². The molecule has 0 radical (unpaired) electrons. The van der Waals surface area contributed by atoms with Gasteiger partial charge in [0.15, 0.2) is 0 Å². The van der Waals surface area contributed by atoms with Gasteiger partial charge in [0.2, 0.25) is 0 Å². The molecule has 2 aliphatic rings. The molecular formula is C9H17NO2P2. The fourth-order valence-corrected chi connectivity index (χ4v) is 3.64. The molecule has 3 nitrogen and oxygen atoms in total. The number of hydrogen-bond acceptors (Lipinski definition) is 3. The lowest BCUT2D eigenvalue weighted by Crippen LogP contribution is -2.37. The normalized spacial score (nSPS) is 39.0. The van der Waals surface area contributed by atoms with E-state index in [0.717, 1.165) is 12.8 Å². The third-order valence-electron chi connectivity index (χ3n) is 3.05. The SMILES string of the molecule is CP(P)NC1C(=O)OC2CCCCC21. The molecule has 2 fully saturated rings. The second kappa shape index (κ2) is 4.43. The van der Waals surface area contributed by atoms with Crippen molar-refractivity contribution < 1.29 is 9.53 Å². The van der Waals surface area contributed by atoms with Gasteiger partial charge < -0.3 is 4.74 Å². The largest absolute Gasteiger partial charge is 0.461 e. The highest BCUT2D eigenvalue weighted by Gasteiger charge is 2.45. The summed E-state index contributed by atoms with van der Waals surface area (Å²) in [5.41, 5.74) is 0. The van der Waals surface area contributed by atoms with Gasteiger partial charge in [-0.25, -0.2) is 0 Å². The maximum atomic E-state index is 11.6. The van der Waals surface area contributed by atoms with E-state index in [0.29, 0.717) is 5.92 Å². The maximum absolute atomic E-state index is 11.6. The predicted molar refractivity (Wildman–Crippen MR) is 61.3 cm³/mol. The van der Waals surface area contributed by atoms with Crippen molar-refractivity contribution >= 4 is 22.7 Å². The Morgan fingerprint density at radius 3 is 2.93 bits per heavy atom. The van der Waals surface area contributed by atoms with Gasteiger partial charge in [-0.15, -0.1) is 0 Å². The first-order valence-electron chi connectivity index (χ1n) is 5.13. The number of nitrogens with one attached hydrogen (secondary N) is 1. The Morgan fingerprint density at radius 1 is 1.50 bits per heavy atom. The number of rotatable bonds is 2. The first kappa shape index (κ1) is 10.8. The van der Waals surface area contributed by atoms with Gasteiger partial charge in [0.1, 0.15) is 12.1 Å². The Balaban J connectivity index is 2.04. The van der Waals surface area contributed by atoms with Crippen LogP contribution in [0.4, 0.5) is 0 Å². The molecule has 1 saturated heterocycles. The van der Waals surface area contributed by atoms with Crippen LogP contribution >= 0.6 is 16.7 Å². The fraction of sp³-hybridized carbons (Fsp3) is 0.889. The molecule has 1 saturated carbocycles. The van der Waals surface area contributed by atoms with Crippen molar-refractivity contribution in [3.8, 4) is 0 Å². The number of carbonyl (C=O) groups is 1. The third-order valence-corrected chi connectivity index (χ3v) is 4.18. The van der Waals surface area contributed by atoms with E-state index < -0.39 is 0 Å². The minimum absolute atomic E-state index is 0.0290. The van der Waals surface area contributed by atoms with Gasteiger partial charge in [0, 0.05) is 5.92 Å². The lowest BCUT2D eigenvalue weighted by Gasteiger charge is -2.26. The van der Waals surface area contributed by atoms with E-state index in [2.05, 4.69) is 20.7 Å². The number of hydrogen-bond donors (Lipinski definition) is 1. The maximum Gasteiger partial charge on any atom is 0.324 e. The van der Waals surface area contributed by atoms with Crippen LogP contribution < -0.4 is 5.09 Å². The third kappa shape index (κ3) is 2.10. The number of esters is 1. The van der Waals surface area contributed by atoms with Crippen molar-refractivity contribution in [2.45, 2.75) is 37.8 Å². The predicted octanol–water partition coefficient (Wildman–Crippen LogP) is 1.88. The lowest BCUT2D eigenvalue weighted by molar-refractivity contribution is -0.143. The van der Waals surface area contributed by atoms with Crippen LogP contribution in [0.5, 0.6) is 0 Å². The molecular weight excluding hydrogens is 216 g/mol. The molecule has 14 heavy (non-hydrogen) atoms. The summed E-state index contributed by atoms with van der Waals surface area (Å²) in [7, 11) is 2.43. The Morgan fingerprint density at radius 2 is 2.21 bits per heavy atom. The van der Waals surface area contributed by atoms with Crippen molar-refractivity contribution in [1.82, 2.24) is 5.09 Å². The molecule has 0 bridgehead atoms. The van der Waals surface area contributed by atoms with E-state index in [-0.39, 0.29) is 25.9 Å². The van der Waals surface area contributed by atoms with E-state index in [1.165, 1.54) is 12.8 Å². The number of ether oxygens (including phenoxy) is 1. The fourth-order valence-electron chi connectivity index (χ4n) is 2.42. The monoisotopic (exact) mass is 233 g/mol. The summed E-state index contributed by atoms with van der Waals surface area (Å²) in [6, 6.07) is -0.0334. The summed E-state index contributed by atoms with van der Waals surface area (Å²) in [5.74, 6) is 0.403. The van der Waals surface area contributed by atoms with E-state index >= 15 is 0 Å². The topological polar surface area (TPSA) is 38.3 Å². The van der Waals surface area contributed by atoms with Gasteiger partial charge in [-0.1, -0.05) is 15.3 Å². The molecule has 0 aromatic carbocycles. The van der Waals surface area contributed by atoms with Crippen molar-refractivity contribution in [3.05, 3.63) is 0 Å². The van der Waals surface area contributed by atoms with E-state index in [4.69, 9.17) is 4.74 Å². The lowest BCUT2D eigenvalue weighted by atomic mass is 9.84.